The van der Waals surface area contributed by atoms with E-state index in [1.165, 1.54) is 5.01 Å². The van der Waals surface area contributed by atoms with Gasteiger partial charge in [-0.15, -0.1) is 12.4 Å². The number of carbonyl (C=O) groups excluding carboxylic acids is 3. The lowest BCUT2D eigenvalue weighted by molar-refractivity contribution is -0.149. The lowest BCUT2D eigenvalue weighted by Gasteiger charge is -2.35. The van der Waals surface area contributed by atoms with Crippen molar-refractivity contribution in [3.63, 3.8) is 0 Å². The first-order valence-electron chi connectivity index (χ1n) is 11.7. The zero-order valence-electron chi connectivity index (χ0n) is 20.5. The summed E-state index contributed by atoms with van der Waals surface area (Å²) in [5, 5.41) is 13.8. The first-order valence-corrected chi connectivity index (χ1v) is 11.7. The van der Waals surface area contributed by atoms with Gasteiger partial charge in [0.25, 0.3) is 5.91 Å². The monoisotopic (exact) mass is 494 g/mol. The van der Waals surface area contributed by atoms with E-state index in [2.05, 4.69) is 10.7 Å². The van der Waals surface area contributed by atoms with Gasteiger partial charge in [-0.2, -0.15) is 0 Å². The summed E-state index contributed by atoms with van der Waals surface area (Å²) in [5.74, 6) is -2.38. The minimum atomic E-state index is -0.782. The summed E-state index contributed by atoms with van der Waals surface area (Å²) in [6.45, 7) is 9.06. The standard InChI is InChI=1S/C25H38N4O4.ClH/c1-17(2)15-21(20(24(31)28-33)12-8-11-19-9-6-5-7-10-19)23(30)27-29(16-18(3)4)25(32)22-13-14-26-22;/h5-11,17-18,20-22,26,33H,12-16H2,1-4H3,(H,27,30)(H,28,31);1H/b11-8+;/t20-,21+,22?;/m0./s1. The van der Waals surface area contributed by atoms with Gasteiger partial charge in [-0.1, -0.05) is 70.2 Å². The van der Waals surface area contributed by atoms with E-state index >= 15 is 0 Å². The average molecular weight is 495 g/mol. The summed E-state index contributed by atoms with van der Waals surface area (Å²) >= 11 is 0. The van der Waals surface area contributed by atoms with E-state index in [-0.39, 0.29) is 42.6 Å². The van der Waals surface area contributed by atoms with Crippen LogP contribution in [0.4, 0.5) is 0 Å². The SMILES string of the molecule is CC(C)C[C@@H](C(=O)NN(CC(C)C)C(=O)C1CCN1)[C@H](C/C=C/c1ccccc1)C(=O)NO.Cl. The molecule has 4 N–H and O–H groups in total. The van der Waals surface area contributed by atoms with Crippen molar-refractivity contribution in [2.75, 3.05) is 13.1 Å². The lowest BCUT2D eigenvalue weighted by atomic mass is 9.82. The number of halogens is 1. The molecule has 1 aliphatic heterocycles. The summed E-state index contributed by atoms with van der Waals surface area (Å²) in [6.07, 6.45) is 5.17. The van der Waals surface area contributed by atoms with Crippen molar-refractivity contribution in [2.45, 2.75) is 53.0 Å². The Bertz CT molecular complexity index is 812. The van der Waals surface area contributed by atoms with Crippen molar-refractivity contribution >= 4 is 36.2 Å². The highest BCUT2D eigenvalue weighted by atomic mass is 35.5. The van der Waals surface area contributed by atoms with Gasteiger partial charge in [0, 0.05) is 6.54 Å². The van der Waals surface area contributed by atoms with Crippen molar-refractivity contribution in [1.82, 2.24) is 21.2 Å². The van der Waals surface area contributed by atoms with E-state index in [9.17, 15) is 19.6 Å². The summed E-state index contributed by atoms with van der Waals surface area (Å²) in [5.41, 5.74) is 5.49. The van der Waals surface area contributed by atoms with Crippen LogP contribution in [0.1, 0.15) is 52.5 Å². The molecule has 0 spiro atoms. The Morgan fingerprint density at radius 3 is 2.24 bits per heavy atom. The number of allylic oxidation sites excluding steroid dienone is 1. The highest BCUT2D eigenvalue weighted by Gasteiger charge is 2.36. The van der Waals surface area contributed by atoms with Crippen LogP contribution in [0.2, 0.25) is 0 Å². The van der Waals surface area contributed by atoms with Gasteiger partial charge < -0.3 is 5.32 Å². The predicted octanol–water partition coefficient (Wildman–Crippen LogP) is 3.17. The molecule has 1 aliphatic rings. The molecule has 1 aromatic rings. The molecule has 1 heterocycles. The zero-order valence-corrected chi connectivity index (χ0v) is 21.3. The van der Waals surface area contributed by atoms with Crippen LogP contribution in [-0.2, 0) is 14.4 Å². The Labute approximate surface area is 208 Å². The topological polar surface area (TPSA) is 111 Å². The summed E-state index contributed by atoms with van der Waals surface area (Å²) < 4.78 is 0. The Morgan fingerprint density at radius 2 is 1.74 bits per heavy atom. The largest absolute Gasteiger partial charge is 0.306 e. The van der Waals surface area contributed by atoms with Crippen LogP contribution < -0.4 is 16.2 Å². The van der Waals surface area contributed by atoms with Crippen LogP contribution in [0.25, 0.3) is 6.08 Å². The highest BCUT2D eigenvalue weighted by molar-refractivity contribution is 5.90. The fourth-order valence-electron chi connectivity index (χ4n) is 3.87. The number of hydroxylamine groups is 1. The number of rotatable bonds is 11. The van der Waals surface area contributed by atoms with Gasteiger partial charge in [-0.3, -0.25) is 30.0 Å². The van der Waals surface area contributed by atoms with E-state index in [1.807, 2.05) is 70.2 Å². The number of hydrogen-bond acceptors (Lipinski definition) is 5. The molecular weight excluding hydrogens is 456 g/mol. The van der Waals surface area contributed by atoms with Gasteiger partial charge in [0.1, 0.15) is 0 Å². The van der Waals surface area contributed by atoms with Gasteiger partial charge in [0.05, 0.1) is 17.9 Å². The van der Waals surface area contributed by atoms with Gasteiger partial charge in [0.15, 0.2) is 0 Å². The summed E-state index contributed by atoms with van der Waals surface area (Å²) in [7, 11) is 0. The normalized spacial score (nSPS) is 17.0. The maximum Gasteiger partial charge on any atom is 0.258 e. The van der Waals surface area contributed by atoms with Gasteiger partial charge >= 0.3 is 0 Å². The Hall–Kier alpha value is -2.42. The minimum absolute atomic E-state index is 0. The van der Waals surface area contributed by atoms with Crippen molar-refractivity contribution in [2.24, 2.45) is 23.7 Å². The van der Waals surface area contributed by atoms with Gasteiger partial charge in [-0.05, 0) is 43.2 Å². The second kappa shape index (κ2) is 14.8. The summed E-state index contributed by atoms with van der Waals surface area (Å²) in [4.78, 5) is 38.8. The number of carbonyl (C=O) groups is 3. The molecule has 1 unspecified atom stereocenters. The maximum atomic E-state index is 13.4. The highest BCUT2D eigenvalue weighted by Crippen LogP contribution is 2.26. The number of hydrogen-bond donors (Lipinski definition) is 4. The molecular formula is C25H39ClN4O4. The average Bonchev–Trinajstić information content (AvgIpc) is 2.73. The molecule has 190 valence electrons. The van der Waals surface area contributed by atoms with Crippen LogP contribution in [-0.4, -0.2) is 47.1 Å². The number of nitrogens with zero attached hydrogens (tertiary/aromatic N) is 1. The molecule has 1 fully saturated rings. The van der Waals surface area contributed by atoms with Gasteiger partial charge in [0.2, 0.25) is 11.8 Å². The van der Waals surface area contributed by atoms with E-state index < -0.39 is 23.7 Å². The first-order chi connectivity index (χ1) is 15.7. The molecule has 0 aromatic heterocycles. The number of amides is 3. The maximum absolute atomic E-state index is 13.4. The molecule has 9 heteroatoms. The second-order valence-electron chi connectivity index (χ2n) is 9.48. The Morgan fingerprint density at radius 1 is 1.09 bits per heavy atom. The van der Waals surface area contributed by atoms with Crippen molar-refractivity contribution in [3.8, 4) is 0 Å². The van der Waals surface area contributed by atoms with Crippen LogP contribution in [0, 0.1) is 23.7 Å². The lowest BCUT2D eigenvalue weighted by Crippen LogP contribution is -2.60. The summed E-state index contributed by atoms with van der Waals surface area (Å²) in [6, 6.07) is 9.36. The predicted molar refractivity (Wildman–Crippen MR) is 135 cm³/mol. The minimum Gasteiger partial charge on any atom is -0.306 e. The fraction of sp³-hybridized carbons (Fsp3) is 0.560. The number of hydrazine groups is 1. The van der Waals surface area contributed by atoms with Crippen LogP contribution >= 0.6 is 12.4 Å². The molecule has 34 heavy (non-hydrogen) atoms. The third-order valence-corrected chi connectivity index (χ3v) is 5.68. The zero-order chi connectivity index (χ0) is 24.4. The number of nitrogens with one attached hydrogen (secondary N) is 3. The molecule has 0 radical (unpaired) electrons. The molecule has 0 bridgehead atoms. The second-order valence-corrected chi connectivity index (χ2v) is 9.48. The molecule has 1 saturated heterocycles. The van der Waals surface area contributed by atoms with Crippen molar-refractivity contribution < 1.29 is 19.6 Å². The van der Waals surface area contributed by atoms with Crippen molar-refractivity contribution in [1.29, 1.82) is 0 Å². The Kier molecular flexibility index (Phi) is 12.9. The van der Waals surface area contributed by atoms with Crippen molar-refractivity contribution in [3.05, 3.63) is 42.0 Å². The molecule has 0 saturated carbocycles. The van der Waals surface area contributed by atoms with Gasteiger partial charge in [-0.25, -0.2) is 5.48 Å². The Balaban J connectivity index is 0.00000578. The molecule has 2 rings (SSSR count). The first kappa shape index (κ1) is 29.6. The van der Waals surface area contributed by atoms with Crippen LogP contribution in [0.3, 0.4) is 0 Å². The van der Waals surface area contributed by atoms with Crippen LogP contribution in [0.5, 0.6) is 0 Å². The third kappa shape index (κ3) is 9.08. The molecule has 0 aliphatic carbocycles. The van der Waals surface area contributed by atoms with E-state index in [1.54, 1.807) is 5.48 Å². The van der Waals surface area contributed by atoms with E-state index in [0.29, 0.717) is 13.0 Å². The quantitative estimate of drug-likeness (QED) is 0.279. The fourth-order valence-corrected chi connectivity index (χ4v) is 3.87. The molecule has 3 atom stereocenters. The number of benzene rings is 1. The van der Waals surface area contributed by atoms with E-state index in [4.69, 9.17) is 0 Å². The smallest absolute Gasteiger partial charge is 0.258 e. The molecule has 8 nitrogen and oxygen atoms in total. The third-order valence-electron chi connectivity index (χ3n) is 5.68. The van der Waals surface area contributed by atoms with Crippen LogP contribution in [0.15, 0.2) is 36.4 Å². The van der Waals surface area contributed by atoms with E-state index in [0.717, 1.165) is 18.5 Å². The molecule has 1 aromatic carbocycles. The molecule has 3 amide bonds.